The minimum absolute atomic E-state index is 0.00290. The highest BCUT2D eigenvalue weighted by atomic mass is 31.2. The van der Waals surface area contributed by atoms with Gasteiger partial charge in [-0.1, -0.05) is 0 Å². The fourth-order valence-corrected chi connectivity index (χ4v) is 5.72. The van der Waals surface area contributed by atoms with Gasteiger partial charge in [-0.05, 0) is 47.6 Å². The van der Waals surface area contributed by atoms with Gasteiger partial charge >= 0.3 is 13.3 Å². The molecule has 39 heavy (non-hydrogen) atoms. The van der Waals surface area contributed by atoms with Gasteiger partial charge in [-0.2, -0.15) is 5.26 Å². The minimum Gasteiger partial charge on any atom is -0.374 e. The van der Waals surface area contributed by atoms with Crippen LogP contribution in [0.4, 0.5) is 0 Å². The van der Waals surface area contributed by atoms with Crippen molar-refractivity contribution in [2.75, 3.05) is 26.9 Å². The van der Waals surface area contributed by atoms with Crippen molar-refractivity contribution in [3.8, 4) is 6.07 Å². The Morgan fingerprint density at radius 2 is 1.82 bits per heavy atom. The lowest BCUT2D eigenvalue weighted by Crippen LogP contribution is -2.51. The van der Waals surface area contributed by atoms with Crippen molar-refractivity contribution < 1.29 is 32.6 Å². The van der Waals surface area contributed by atoms with E-state index in [0.717, 1.165) is 0 Å². The molecule has 1 aliphatic rings. The van der Waals surface area contributed by atoms with Crippen molar-refractivity contribution in [2.45, 2.75) is 91.0 Å². The van der Waals surface area contributed by atoms with Crippen LogP contribution in [0.3, 0.4) is 0 Å². The molecule has 1 fully saturated rings. The van der Waals surface area contributed by atoms with Crippen LogP contribution in [0.25, 0.3) is 0 Å². The number of ether oxygens (including phenoxy) is 4. The Balaban J connectivity index is 2.56. The highest BCUT2D eigenvalue weighted by molar-refractivity contribution is 7.57. The maximum Gasteiger partial charge on any atom is 0.353 e. The van der Waals surface area contributed by atoms with Gasteiger partial charge in [0.15, 0.2) is 6.23 Å². The average molecular weight is 573 g/mol. The molecular weight excluding hydrogens is 531 g/mol. The summed E-state index contributed by atoms with van der Waals surface area (Å²) in [5.41, 5.74) is -1.25. The Morgan fingerprint density at radius 1 is 1.18 bits per heavy atom. The predicted molar refractivity (Wildman–Crippen MR) is 143 cm³/mol. The monoisotopic (exact) mass is 572 g/mol. The number of hydrogen-bond donors (Lipinski definition) is 1. The van der Waals surface area contributed by atoms with Gasteiger partial charge in [0, 0.05) is 37.3 Å². The lowest BCUT2D eigenvalue weighted by molar-refractivity contribution is -0.271. The zero-order valence-electron chi connectivity index (χ0n) is 23.6. The summed E-state index contributed by atoms with van der Waals surface area (Å²) in [7, 11) is -2.15. The molecule has 1 saturated heterocycles. The van der Waals surface area contributed by atoms with Crippen LogP contribution in [0.2, 0.25) is 0 Å². The minimum atomic E-state index is -3.59. The lowest BCUT2D eigenvalue weighted by Gasteiger charge is -2.39. The largest absolute Gasteiger partial charge is 0.374 e. The topological polar surface area (TPSA) is 154 Å². The lowest BCUT2D eigenvalue weighted by atomic mass is 10.1. The highest BCUT2D eigenvalue weighted by Gasteiger charge is 2.48. The van der Waals surface area contributed by atoms with Crippen molar-refractivity contribution in [2.24, 2.45) is 0 Å². The number of hydrogen-bond acceptors (Lipinski definition) is 11. The number of aromatic amines is 1. The fourth-order valence-electron chi connectivity index (χ4n) is 4.37. The smallest absolute Gasteiger partial charge is 0.353 e. The molecule has 2 heterocycles. The first kappa shape index (κ1) is 33.1. The van der Waals surface area contributed by atoms with Crippen LogP contribution < -0.4 is 11.2 Å². The summed E-state index contributed by atoms with van der Waals surface area (Å²) in [4.78, 5) is 28.5. The second-order valence-corrected chi connectivity index (χ2v) is 11.1. The molecule has 1 aromatic rings. The Labute approximate surface area is 229 Å². The van der Waals surface area contributed by atoms with E-state index in [1.54, 1.807) is 13.8 Å². The maximum atomic E-state index is 13.1. The molecule has 220 valence electrons. The SMILES string of the molecule is CCOP(=O)(/C=C/[C@H]1O[C@@H](n2ccc(=O)[nH]c2=O)C(OC)C1OC(OCCC#N)N(C(C)C)C(C)C)OCC. The summed E-state index contributed by atoms with van der Waals surface area (Å²) in [5.74, 6) is 1.31. The Hall–Kier alpha value is -2.14. The number of nitriles is 1. The van der Waals surface area contributed by atoms with Gasteiger partial charge in [-0.25, -0.2) is 4.79 Å². The maximum absolute atomic E-state index is 13.1. The van der Waals surface area contributed by atoms with E-state index in [-0.39, 0.29) is 38.3 Å². The molecule has 0 bridgehead atoms. The van der Waals surface area contributed by atoms with E-state index in [1.165, 1.54) is 35.8 Å². The van der Waals surface area contributed by atoms with E-state index >= 15 is 0 Å². The second kappa shape index (κ2) is 15.6. The molecule has 13 nitrogen and oxygen atoms in total. The number of nitrogens with zero attached hydrogens (tertiary/aromatic N) is 3. The summed E-state index contributed by atoms with van der Waals surface area (Å²) in [6, 6.07) is 3.26. The van der Waals surface area contributed by atoms with E-state index in [1.807, 2.05) is 32.6 Å². The number of H-pyrrole nitrogens is 1. The van der Waals surface area contributed by atoms with Crippen molar-refractivity contribution >= 4 is 7.60 Å². The van der Waals surface area contributed by atoms with Crippen molar-refractivity contribution in [1.82, 2.24) is 14.5 Å². The first-order valence-electron chi connectivity index (χ1n) is 13.0. The highest BCUT2D eigenvalue weighted by Crippen LogP contribution is 2.50. The molecule has 2 rings (SSSR count). The molecule has 1 aliphatic heterocycles. The van der Waals surface area contributed by atoms with E-state index in [9.17, 15) is 14.2 Å². The van der Waals surface area contributed by atoms with E-state index in [2.05, 4.69) is 11.1 Å². The molecule has 0 spiro atoms. The van der Waals surface area contributed by atoms with Crippen LogP contribution in [-0.4, -0.2) is 78.2 Å². The third-order valence-corrected chi connectivity index (χ3v) is 7.66. The second-order valence-electron chi connectivity index (χ2n) is 9.25. The summed E-state index contributed by atoms with van der Waals surface area (Å²) in [6.07, 6.45) is -1.58. The molecule has 0 aromatic carbocycles. The molecule has 3 unspecified atom stereocenters. The molecule has 0 saturated carbocycles. The standard InChI is InChI=1S/C25H41N4O9P/c1-8-35-39(32,36-9-2)16-12-19-21(38-25(34-15-10-13-26)29(17(3)4)18(5)6)22(33-7)23(37-19)28-14-11-20(30)27-24(28)31/h11-12,14,16-19,21-23,25H,8-10,15H2,1-7H3,(H,27,30,31)/b16-12+/t19-,21?,22?,23-,25?/m1/s1. The number of aromatic nitrogens is 2. The first-order chi connectivity index (χ1) is 18.5. The van der Waals surface area contributed by atoms with Crippen LogP contribution >= 0.6 is 7.60 Å². The van der Waals surface area contributed by atoms with Gasteiger partial charge < -0.3 is 28.0 Å². The molecule has 0 radical (unpaired) electrons. The van der Waals surface area contributed by atoms with Crippen LogP contribution in [0, 0.1) is 11.3 Å². The Morgan fingerprint density at radius 3 is 2.33 bits per heavy atom. The quantitative estimate of drug-likeness (QED) is 0.177. The third kappa shape index (κ3) is 8.93. The van der Waals surface area contributed by atoms with Crippen molar-refractivity contribution in [1.29, 1.82) is 5.26 Å². The van der Waals surface area contributed by atoms with Crippen LogP contribution in [0.15, 0.2) is 33.7 Å². The molecular formula is C25H41N4O9P. The van der Waals surface area contributed by atoms with Gasteiger partial charge in [0.1, 0.15) is 18.3 Å². The van der Waals surface area contributed by atoms with Crippen LogP contribution in [0.5, 0.6) is 0 Å². The number of methoxy groups -OCH3 is 1. The Bertz CT molecular complexity index is 1110. The van der Waals surface area contributed by atoms with E-state index in [0.29, 0.717) is 0 Å². The predicted octanol–water partition coefficient (Wildman–Crippen LogP) is 2.95. The summed E-state index contributed by atoms with van der Waals surface area (Å²) < 4.78 is 49.5. The molecule has 14 heteroatoms. The van der Waals surface area contributed by atoms with Gasteiger partial charge in [-0.3, -0.25) is 23.8 Å². The van der Waals surface area contributed by atoms with Crippen molar-refractivity contribution in [3.05, 3.63) is 45.0 Å². The van der Waals surface area contributed by atoms with Gasteiger partial charge in [-0.15, -0.1) is 0 Å². The average Bonchev–Trinajstić information content (AvgIpc) is 3.19. The van der Waals surface area contributed by atoms with Crippen LogP contribution in [-0.2, 0) is 32.6 Å². The van der Waals surface area contributed by atoms with E-state index < -0.39 is 49.8 Å². The molecule has 0 amide bonds. The number of nitrogens with one attached hydrogen (secondary N) is 1. The third-order valence-electron chi connectivity index (χ3n) is 5.88. The van der Waals surface area contributed by atoms with Gasteiger partial charge in [0.2, 0.25) is 6.41 Å². The zero-order chi connectivity index (χ0) is 29.2. The van der Waals surface area contributed by atoms with Gasteiger partial charge in [0.05, 0.1) is 32.3 Å². The van der Waals surface area contributed by atoms with E-state index in [4.69, 9.17) is 33.3 Å². The normalized spacial score (nSPS) is 22.8. The summed E-state index contributed by atoms with van der Waals surface area (Å²) >= 11 is 0. The Kier molecular flexibility index (Phi) is 13.2. The van der Waals surface area contributed by atoms with Crippen LogP contribution in [0.1, 0.15) is 54.2 Å². The van der Waals surface area contributed by atoms with Crippen molar-refractivity contribution in [3.63, 3.8) is 0 Å². The fraction of sp³-hybridized carbons (Fsp3) is 0.720. The van der Waals surface area contributed by atoms with Gasteiger partial charge in [0.25, 0.3) is 5.56 Å². The molecule has 1 aromatic heterocycles. The molecule has 1 N–H and O–H groups in total. The number of rotatable bonds is 16. The molecule has 0 aliphatic carbocycles. The molecule has 5 atom stereocenters. The first-order valence-corrected chi connectivity index (χ1v) is 14.6. The summed E-state index contributed by atoms with van der Waals surface area (Å²) in [6.45, 7) is 11.8. The zero-order valence-corrected chi connectivity index (χ0v) is 24.5. The summed E-state index contributed by atoms with van der Waals surface area (Å²) in [5, 5.41) is 9.04.